The Balaban J connectivity index is 1.85. The topological polar surface area (TPSA) is 46.2 Å². The van der Waals surface area contributed by atoms with Gasteiger partial charge < -0.3 is 15.4 Å². The maximum atomic E-state index is 5.63. The van der Waals surface area contributed by atoms with Crippen molar-refractivity contribution in [2.75, 3.05) is 18.5 Å². The molecule has 2 N–H and O–H groups in total. The molecule has 1 heterocycles. The lowest BCUT2D eigenvalue weighted by atomic mass is 10.1. The Morgan fingerprint density at radius 1 is 1.48 bits per heavy atom. The van der Waals surface area contributed by atoms with Crippen LogP contribution in [-0.4, -0.2) is 23.2 Å². The highest BCUT2D eigenvalue weighted by Crippen LogP contribution is 2.23. The van der Waals surface area contributed by atoms with E-state index >= 15 is 0 Å². The van der Waals surface area contributed by atoms with Gasteiger partial charge in [0, 0.05) is 22.6 Å². The largest absolute Gasteiger partial charge is 0.494 e. The zero-order valence-electron chi connectivity index (χ0n) is 11.6. The maximum absolute atomic E-state index is 5.63. The molecule has 112 valence electrons. The minimum Gasteiger partial charge on any atom is -0.494 e. The number of rotatable bonds is 6. The van der Waals surface area contributed by atoms with Crippen LogP contribution in [0.2, 0.25) is 0 Å². The predicted molar refractivity (Wildman–Crippen MR) is 95.4 cm³/mol. The van der Waals surface area contributed by atoms with Crippen LogP contribution in [0.1, 0.15) is 12.5 Å². The number of ether oxygens (including phenoxy) is 1. The molecular formula is C14H16BrN3OS2. The molecule has 0 bridgehead atoms. The Hall–Kier alpha value is -1.18. The van der Waals surface area contributed by atoms with Gasteiger partial charge in [-0.1, -0.05) is 15.9 Å². The standard InChI is InChI=1S/C14H16BrN3OS2/c1-2-19-12-4-3-11(15)9-10(12)5-6-16-13(20)18-14-17-7-8-21-14/h3-4,7-9H,2,5-6H2,1H3,(H2,16,17,18,20). The Bertz CT molecular complexity index is 590. The van der Waals surface area contributed by atoms with Crippen molar-refractivity contribution >= 4 is 49.7 Å². The first kappa shape index (κ1) is 16.2. The molecule has 0 unspecified atom stereocenters. The van der Waals surface area contributed by atoms with E-state index in [0.29, 0.717) is 11.7 Å². The molecule has 0 aliphatic heterocycles. The van der Waals surface area contributed by atoms with Crippen molar-refractivity contribution in [3.8, 4) is 5.75 Å². The summed E-state index contributed by atoms with van der Waals surface area (Å²) in [5.41, 5.74) is 1.15. The maximum Gasteiger partial charge on any atom is 0.188 e. The van der Waals surface area contributed by atoms with Crippen molar-refractivity contribution in [1.82, 2.24) is 10.3 Å². The molecule has 0 atom stereocenters. The van der Waals surface area contributed by atoms with Crippen LogP contribution in [0.3, 0.4) is 0 Å². The average molecular weight is 386 g/mol. The van der Waals surface area contributed by atoms with Crippen molar-refractivity contribution in [1.29, 1.82) is 0 Å². The van der Waals surface area contributed by atoms with Gasteiger partial charge in [0.05, 0.1) is 6.61 Å². The Morgan fingerprint density at radius 2 is 2.33 bits per heavy atom. The van der Waals surface area contributed by atoms with E-state index in [4.69, 9.17) is 17.0 Å². The molecule has 2 aromatic rings. The van der Waals surface area contributed by atoms with Crippen molar-refractivity contribution in [2.24, 2.45) is 0 Å². The highest BCUT2D eigenvalue weighted by Gasteiger charge is 2.05. The molecule has 0 radical (unpaired) electrons. The number of hydrogen-bond acceptors (Lipinski definition) is 4. The van der Waals surface area contributed by atoms with Gasteiger partial charge in [0.1, 0.15) is 5.75 Å². The van der Waals surface area contributed by atoms with E-state index < -0.39 is 0 Å². The molecule has 7 heteroatoms. The quantitative estimate of drug-likeness (QED) is 0.739. The molecular weight excluding hydrogens is 370 g/mol. The lowest BCUT2D eigenvalue weighted by Crippen LogP contribution is -2.30. The van der Waals surface area contributed by atoms with Gasteiger partial charge in [-0.2, -0.15) is 0 Å². The van der Waals surface area contributed by atoms with Gasteiger partial charge in [-0.15, -0.1) is 11.3 Å². The van der Waals surface area contributed by atoms with Gasteiger partial charge in [-0.05, 0) is 49.3 Å². The summed E-state index contributed by atoms with van der Waals surface area (Å²) in [7, 11) is 0. The lowest BCUT2D eigenvalue weighted by Gasteiger charge is -2.12. The number of hydrogen-bond donors (Lipinski definition) is 2. The van der Waals surface area contributed by atoms with Crippen molar-refractivity contribution in [3.63, 3.8) is 0 Å². The predicted octanol–water partition coefficient (Wildman–Crippen LogP) is 3.83. The van der Waals surface area contributed by atoms with Gasteiger partial charge in [0.2, 0.25) is 0 Å². The summed E-state index contributed by atoms with van der Waals surface area (Å²) in [4.78, 5) is 4.13. The number of thiazole rings is 1. The second kappa shape index (κ2) is 8.31. The zero-order valence-corrected chi connectivity index (χ0v) is 14.8. The molecule has 0 spiro atoms. The molecule has 1 aromatic heterocycles. The lowest BCUT2D eigenvalue weighted by molar-refractivity contribution is 0.336. The van der Waals surface area contributed by atoms with Crippen molar-refractivity contribution < 1.29 is 4.74 Å². The number of anilines is 1. The number of nitrogens with one attached hydrogen (secondary N) is 2. The SMILES string of the molecule is CCOc1ccc(Br)cc1CCNC(=S)Nc1nccs1. The van der Waals surface area contributed by atoms with Gasteiger partial charge in [-0.3, -0.25) is 0 Å². The average Bonchev–Trinajstić information content (AvgIpc) is 2.94. The molecule has 21 heavy (non-hydrogen) atoms. The third kappa shape index (κ3) is 5.26. The summed E-state index contributed by atoms with van der Waals surface area (Å²) in [6.07, 6.45) is 2.57. The Kier molecular flexibility index (Phi) is 6.41. The highest BCUT2D eigenvalue weighted by molar-refractivity contribution is 9.10. The molecule has 0 amide bonds. The zero-order chi connectivity index (χ0) is 15.1. The fourth-order valence-electron chi connectivity index (χ4n) is 1.78. The van der Waals surface area contributed by atoms with Crippen LogP contribution in [0, 0.1) is 0 Å². The van der Waals surface area contributed by atoms with E-state index in [9.17, 15) is 0 Å². The summed E-state index contributed by atoms with van der Waals surface area (Å²) in [6.45, 7) is 3.37. The van der Waals surface area contributed by atoms with Crippen LogP contribution < -0.4 is 15.4 Å². The van der Waals surface area contributed by atoms with Crippen LogP contribution in [0.4, 0.5) is 5.13 Å². The fourth-order valence-corrected chi connectivity index (χ4v) is 2.98. The molecule has 0 fully saturated rings. The normalized spacial score (nSPS) is 10.2. The number of benzene rings is 1. The number of halogens is 1. The highest BCUT2D eigenvalue weighted by atomic mass is 79.9. The van der Waals surface area contributed by atoms with Crippen molar-refractivity contribution in [3.05, 3.63) is 39.8 Å². The van der Waals surface area contributed by atoms with E-state index in [1.54, 1.807) is 6.20 Å². The third-order valence-corrected chi connectivity index (χ3v) is 4.08. The summed E-state index contributed by atoms with van der Waals surface area (Å²) in [6, 6.07) is 6.04. The summed E-state index contributed by atoms with van der Waals surface area (Å²) >= 11 is 10.2. The van der Waals surface area contributed by atoms with E-state index in [-0.39, 0.29) is 0 Å². The Labute approximate surface area is 142 Å². The summed E-state index contributed by atoms with van der Waals surface area (Å²) < 4.78 is 6.68. The van der Waals surface area contributed by atoms with Crippen LogP contribution in [0.5, 0.6) is 5.75 Å². The van der Waals surface area contributed by atoms with E-state index in [0.717, 1.165) is 33.9 Å². The molecule has 4 nitrogen and oxygen atoms in total. The van der Waals surface area contributed by atoms with Crippen LogP contribution >= 0.6 is 39.5 Å². The van der Waals surface area contributed by atoms with Gasteiger partial charge in [0.25, 0.3) is 0 Å². The first-order chi connectivity index (χ1) is 10.2. The van der Waals surface area contributed by atoms with Crippen LogP contribution in [0.25, 0.3) is 0 Å². The van der Waals surface area contributed by atoms with Crippen molar-refractivity contribution in [2.45, 2.75) is 13.3 Å². The second-order valence-electron chi connectivity index (χ2n) is 4.15. The third-order valence-electron chi connectivity index (χ3n) is 2.66. The minimum atomic E-state index is 0.581. The number of aromatic nitrogens is 1. The van der Waals surface area contributed by atoms with Gasteiger partial charge in [-0.25, -0.2) is 4.98 Å². The second-order valence-corrected chi connectivity index (χ2v) is 6.37. The summed E-state index contributed by atoms with van der Waals surface area (Å²) in [5.74, 6) is 0.918. The van der Waals surface area contributed by atoms with Crippen LogP contribution in [-0.2, 0) is 6.42 Å². The van der Waals surface area contributed by atoms with Crippen LogP contribution in [0.15, 0.2) is 34.2 Å². The molecule has 1 aromatic carbocycles. The number of nitrogens with zero attached hydrogens (tertiary/aromatic N) is 1. The van der Waals surface area contributed by atoms with E-state index in [1.165, 1.54) is 11.3 Å². The minimum absolute atomic E-state index is 0.581. The monoisotopic (exact) mass is 385 g/mol. The summed E-state index contributed by atoms with van der Waals surface area (Å²) in [5, 5.41) is 9.50. The molecule has 0 saturated carbocycles. The molecule has 0 aliphatic carbocycles. The van der Waals surface area contributed by atoms with E-state index in [2.05, 4.69) is 37.6 Å². The molecule has 0 saturated heterocycles. The smallest absolute Gasteiger partial charge is 0.188 e. The number of thiocarbonyl (C=S) groups is 1. The first-order valence-electron chi connectivity index (χ1n) is 6.54. The van der Waals surface area contributed by atoms with Gasteiger partial charge >= 0.3 is 0 Å². The van der Waals surface area contributed by atoms with Gasteiger partial charge in [0.15, 0.2) is 10.2 Å². The van der Waals surface area contributed by atoms with E-state index in [1.807, 2.05) is 24.4 Å². The fraction of sp³-hybridized carbons (Fsp3) is 0.286. The first-order valence-corrected chi connectivity index (χ1v) is 8.62. The molecule has 0 aliphatic rings. The molecule has 2 rings (SSSR count). The Morgan fingerprint density at radius 3 is 3.05 bits per heavy atom.